The van der Waals surface area contributed by atoms with E-state index in [2.05, 4.69) is 20.6 Å². The third-order valence-corrected chi connectivity index (χ3v) is 8.49. The van der Waals surface area contributed by atoms with Gasteiger partial charge in [0.05, 0.1) is 11.0 Å². The van der Waals surface area contributed by atoms with Gasteiger partial charge in [-0.15, -0.1) is 0 Å². The van der Waals surface area contributed by atoms with Gasteiger partial charge in [-0.05, 0) is 49.1 Å². The molecule has 0 saturated carbocycles. The zero-order chi connectivity index (χ0) is 30.8. The zero-order valence-corrected chi connectivity index (χ0v) is 22.4. The minimum Gasteiger partial charge on any atom is -0.340 e. The highest BCUT2D eigenvalue weighted by atomic mass is 19.4. The number of benzene rings is 1. The number of carbonyl (C=O) groups excluding carboxylic acids is 3. The molecule has 14 heteroatoms. The summed E-state index contributed by atoms with van der Waals surface area (Å²) in [4.78, 5) is 48.4. The van der Waals surface area contributed by atoms with E-state index in [0.717, 1.165) is 0 Å². The number of alkyl halides is 3. The predicted octanol–water partition coefficient (Wildman–Crippen LogP) is 3.95. The van der Waals surface area contributed by atoms with Gasteiger partial charge in [-0.25, -0.2) is 18.2 Å². The number of amides is 3. The van der Waals surface area contributed by atoms with E-state index in [1.165, 1.54) is 19.2 Å². The molecule has 8 nitrogen and oxygen atoms in total. The Morgan fingerprint density at radius 1 is 1.14 bits per heavy atom. The summed E-state index contributed by atoms with van der Waals surface area (Å²) in [5.74, 6) is -7.14. The van der Waals surface area contributed by atoms with E-state index >= 15 is 0 Å². The summed E-state index contributed by atoms with van der Waals surface area (Å²) in [5.41, 5.74) is 0.344. The van der Waals surface area contributed by atoms with Crippen molar-refractivity contribution < 1.29 is 40.7 Å². The van der Waals surface area contributed by atoms with E-state index in [1.54, 1.807) is 18.3 Å². The minimum atomic E-state index is -4.84. The topological polar surface area (TPSA) is 104 Å². The number of piperidine rings is 1. The fourth-order valence-electron chi connectivity index (χ4n) is 6.42. The van der Waals surface area contributed by atoms with Crippen LogP contribution in [0.25, 0.3) is 0 Å². The molecule has 3 aliphatic rings. The van der Waals surface area contributed by atoms with E-state index in [4.69, 9.17) is 0 Å². The third-order valence-electron chi connectivity index (χ3n) is 8.49. The second kappa shape index (κ2) is 10.1. The normalized spacial score (nSPS) is 24.6. The second-order valence-corrected chi connectivity index (χ2v) is 11.1. The Morgan fingerprint density at radius 2 is 1.91 bits per heavy atom. The number of hydrogen-bond donors (Lipinski definition) is 2. The SMILES string of the molecule is C[C@@H]1[C@H](c2cc(F)cc(F)c2F)C[C@H](NC(=O)c2cnc3c(c2)CC2(C3)C(=O)Nc3ncccc32)C(=O)N1CC(F)(F)F. The molecule has 0 radical (unpaired) electrons. The van der Waals surface area contributed by atoms with Gasteiger partial charge >= 0.3 is 6.18 Å². The van der Waals surface area contributed by atoms with Crippen LogP contribution in [0.4, 0.5) is 32.2 Å². The average Bonchev–Trinajstić information content (AvgIpc) is 3.46. The largest absolute Gasteiger partial charge is 0.406 e. The first kappa shape index (κ1) is 28.6. The molecule has 43 heavy (non-hydrogen) atoms. The number of nitrogens with zero attached hydrogens (tertiary/aromatic N) is 3. The third kappa shape index (κ3) is 4.87. The number of nitrogens with one attached hydrogen (secondary N) is 2. The van der Waals surface area contributed by atoms with Crippen LogP contribution in [-0.2, 0) is 27.8 Å². The molecule has 1 saturated heterocycles. The quantitative estimate of drug-likeness (QED) is 0.348. The molecule has 6 rings (SSSR count). The van der Waals surface area contributed by atoms with Crippen molar-refractivity contribution in [3.63, 3.8) is 0 Å². The Kier molecular flexibility index (Phi) is 6.69. The molecule has 224 valence electrons. The maximum atomic E-state index is 14.7. The number of rotatable bonds is 4. The van der Waals surface area contributed by atoms with Crippen LogP contribution in [0.3, 0.4) is 0 Å². The molecule has 1 spiro atoms. The van der Waals surface area contributed by atoms with Crippen LogP contribution in [0.2, 0.25) is 0 Å². The Labute approximate surface area is 240 Å². The van der Waals surface area contributed by atoms with Gasteiger partial charge in [0.25, 0.3) is 5.91 Å². The highest BCUT2D eigenvalue weighted by Crippen LogP contribution is 2.46. The highest BCUT2D eigenvalue weighted by Gasteiger charge is 2.52. The molecular formula is C29H23F6N5O3. The van der Waals surface area contributed by atoms with Crippen molar-refractivity contribution in [1.29, 1.82) is 0 Å². The first-order valence-corrected chi connectivity index (χ1v) is 13.3. The Morgan fingerprint density at radius 3 is 2.65 bits per heavy atom. The summed E-state index contributed by atoms with van der Waals surface area (Å²) in [6.07, 6.45) is -2.00. The lowest BCUT2D eigenvalue weighted by atomic mass is 9.80. The second-order valence-electron chi connectivity index (χ2n) is 11.1. The molecule has 3 amide bonds. The Bertz CT molecular complexity index is 1680. The standard InChI is InChI=1S/C29H23F6N5O3/c1-13-17(18-6-16(30)7-20(31)23(18)32)8-21(26(42)40(13)12-29(33,34)35)38-25(41)15-5-14-9-28(10-22(14)37-11-15)19-3-2-4-36-24(19)39-27(28)43/h2-7,11,13,17,21H,8-10,12H2,1H3,(H,38,41)(H,36,39,43)/t13-,17-,21+,28?/m1/s1. The predicted molar refractivity (Wildman–Crippen MR) is 138 cm³/mol. The van der Waals surface area contributed by atoms with Crippen LogP contribution < -0.4 is 10.6 Å². The number of anilines is 1. The van der Waals surface area contributed by atoms with Crippen molar-refractivity contribution in [1.82, 2.24) is 20.2 Å². The summed E-state index contributed by atoms with van der Waals surface area (Å²) < 4.78 is 83.1. The van der Waals surface area contributed by atoms with Gasteiger partial charge in [-0.1, -0.05) is 6.07 Å². The molecule has 4 heterocycles. The van der Waals surface area contributed by atoms with Crippen molar-refractivity contribution in [3.05, 3.63) is 88.1 Å². The van der Waals surface area contributed by atoms with E-state index in [-0.39, 0.29) is 24.3 Å². The first-order chi connectivity index (χ1) is 20.3. The number of halogens is 6. The van der Waals surface area contributed by atoms with E-state index < -0.39 is 77.4 Å². The van der Waals surface area contributed by atoms with Gasteiger partial charge in [-0.3, -0.25) is 19.4 Å². The number of carbonyl (C=O) groups is 3. The van der Waals surface area contributed by atoms with Crippen LogP contribution in [0, 0.1) is 17.5 Å². The number of fused-ring (bicyclic) bond motifs is 3. The first-order valence-electron chi connectivity index (χ1n) is 13.3. The molecule has 1 aromatic carbocycles. The molecule has 2 aliphatic heterocycles. The number of likely N-dealkylation sites (tertiary alicyclic amines) is 1. The Hall–Kier alpha value is -4.49. The van der Waals surface area contributed by atoms with Crippen molar-refractivity contribution in [3.8, 4) is 0 Å². The van der Waals surface area contributed by atoms with Crippen molar-refractivity contribution in [2.24, 2.45) is 0 Å². The van der Waals surface area contributed by atoms with Crippen LogP contribution in [0.5, 0.6) is 0 Å². The van der Waals surface area contributed by atoms with Crippen molar-refractivity contribution in [2.45, 2.75) is 55.8 Å². The van der Waals surface area contributed by atoms with Gasteiger partial charge in [-0.2, -0.15) is 13.2 Å². The molecule has 2 N–H and O–H groups in total. The van der Waals surface area contributed by atoms with Gasteiger partial charge < -0.3 is 15.5 Å². The minimum absolute atomic E-state index is 0.0195. The summed E-state index contributed by atoms with van der Waals surface area (Å²) >= 11 is 0. The molecule has 3 aromatic rings. The lowest BCUT2D eigenvalue weighted by Crippen LogP contribution is -2.59. The van der Waals surface area contributed by atoms with Crippen LogP contribution >= 0.6 is 0 Å². The van der Waals surface area contributed by atoms with E-state index in [0.29, 0.717) is 39.7 Å². The average molecular weight is 604 g/mol. The monoisotopic (exact) mass is 603 g/mol. The van der Waals surface area contributed by atoms with Crippen molar-refractivity contribution in [2.75, 3.05) is 11.9 Å². The van der Waals surface area contributed by atoms with Crippen LogP contribution in [0.15, 0.2) is 42.7 Å². The van der Waals surface area contributed by atoms with Crippen LogP contribution in [-0.4, -0.2) is 57.4 Å². The fraction of sp³-hybridized carbons (Fsp3) is 0.345. The zero-order valence-electron chi connectivity index (χ0n) is 22.4. The van der Waals surface area contributed by atoms with Gasteiger partial charge in [0, 0.05) is 48.1 Å². The van der Waals surface area contributed by atoms with Crippen LogP contribution in [0.1, 0.15) is 52.0 Å². The number of aromatic nitrogens is 2. The van der Waals surface area contributed by atoms with Gasteiger partial charge in [0.1, 0.15) is 24.2 Å². The number of hydrogen-bond acceptors (Lipinski definition) is 5. The van der Waals surface area contributed by atoms with Crippen molar-refractivity contribution >= 4 is 23.5 Å². The van der Waals surface area contributed by atoms with E-state index in [9.17, 15) is 40.7 Å². The van der Waals surface area contributed by atoms with Gasteiger partial charge in [0.15, 0.2) is 11.6 Å². The smallest absolute Gasteiger partial charge is 0.340 e. The van der Waals surface area contributed by atoms with Gasteiger partial charge in [0.2, 0.25) is 11.8 Å². The Balaban J connectivity index is 1.28. The summed E-state index contributed by atoms with van der Waals surface area (Å²) in [5, 5.41) is 5.17. The molecule has 4 atom stereocenters. The summed E-state index contributed by atoms with van der Waals surface area (Å²) in [6.45, 7) is -0.488. The molecule has 1 fully saturated rings. The highest BCUT2D eigenvalue weighted by molar-refractivity contribution is 6.06. The summed E-state index contributed by atoms with van der Waals surface area (Å²) in [6, 6.07) is 3.10. The number of pyridine rings is 2. The summed E-state index contributed by atoms with van der Waals surface area (Å²) in [7, 11) is 0. The van der Waals surface area contributed by atoms with E-state index in [1.807, 2.05) is 0 Å². The maximum Gasteiger partial charge on any atom is 0.406 e. The molecule has 0 bridgehead atoms. The molecule has 2 aromatic heterocycles. The maximum absolute atomic E-state index is 14.7. The lowest BCUT2D eigenvalue weighted by Gasteiger charge is -2.43. The fourth-order valence-corrected chi connectivity index (χ4v) is 6.42. The molecule has 1 unspecified atom stereocenters. The lowest BCUT2D eigenvalue weighted by molar-refractivity contribution is -0.170. The molecular weight excluding hydrogens is 580 g/mol. The molecule has 1 aliphatic carbocycles.